The van der Waals surface area contributed by atoms with E-state index in [2.05, 4.69) is 0 Å². The first-order valence-electron chi connectivity index (χ1n) is 6.37. The van der Waals surface area contributed by atoms with E-state index in [-0.39, 0.29) is 17.7 Å². The third-order valence-corrected chi connectivity index (χ3v) is 3.54. The van der Waals surface area contributed by atoms with Crippen molar-refractivity contribution < 1.29 is 14.0 Å². The van der Waals surface area contributed by atoms with Crippen molar-refractivity contribution >= 4 is 11.8 Å². The third kappa shape index (κ3) is 2.12. The van der Waals surface area contributed by atoms with Gasteiger partial charge in [0, 0.05) is 32.1 Å². The zero-order chi connectivity index (χ0) is 12.5. The summed E-state index contributed by atoms with van der Waals surface area (Å²) in [5.41, 5.74) is 0. The molecular weight excluding hydrogens is 232 g/mol. The summed E-state index contributed by atoms with van der Waals surface area (Å²) in [6.45, 7) is 2.47. The Hall–Kier alpha value is -1.78. The Morgan fingerprint density at radius 3 is 2.33 bits per heavy atom. The van der Waals surface area contributed by atoms with Crippen molar-refractivity contribution in [1.29, 1.82) is 0 Å². The monoisotopic (exact) mass is 248 g/mol. The van der Waals surface area contributed by atoms with E-state index in [9.17, 15) is 9.59 Å². The van der Waals surface area contributed by atoms with Crippen molar-refractivity contribution in [3.05, 3.63) is 24.2 Å². The second-order valence-corrected chi connectivity index (χ2v) is 4.87. The summed E-state index contributed by atoms with van der Waals surface area (Å²) in [7, 11) is 0. The van der Waals surface area contributed by atoms with E-state index in [1.807, 2.05) is 4.90 Å². The zero-order valence-electron chi connectivity index (χ0n) is 10.2. The molecule has 2 heterocycles. The number of carbonyl (C=O) groups excluding carboxylic acids is 2. The van der Waals surface area contributed by atoms with Crippen LogP contribution < -0.4 is 0 Å². The van der Waals surface area contributed by atoms with Gasteiger partial charge in [-0.15, -0.1) is 0 Å². The summed E-state index contributed by atoms with van der Waals surface area (Å²) < 4.78 is 5.10. The Morgan fingerprint density at radius 1 is 1.11 bits per heavy atom. The lowest BCUT2D eigenvalue weighted by atomic mass is 10.2. The van der Waals surface area contributed by atoms with Crippen LogP contribution in [-0.4, -0.2) is 47.8 Å². The van der Waals surface area contributed by atoms with Crippen LogP contribution in [0.15, 0.2) is 22.8 Å². The Balaban J connectivity index is 1.56. The van der Waals surface area contributed by atoms with Gasteiger partial charge in [0.2, 0.25) is 5.91 Å². The van der Waals surface area contributed by atoms with Gasteiger partial charge in [0.25, 0.3) is 5.91 Å². The molecule has 1 aliphatic carbocycles. The van der Waals surface area contributed by atoms with Crippen molar-refractivity contribution in [2.75, 3.05) is 26.2 Å². The van der Waals surface area contributed by atoms with E-state index in [4.69, 9.17) is 4.42 Å². The van der Waals surface area contributed by atoms with Crippen LogP contribution in [0.5, 0.6) is 0 Å². The number of piperazine rings is 1. The number of nitrogens with zero attached hydrogens (tertiary/aromatic N) is 2. The molecule has 3 rings (SSSR count). The predicted octanol–water partition coefficient (Wildman–Crippen LogP) is 0.974. The highest BCUT2D eigenvalue weighted by molar-refractivity contribution is 5.91. The number of carbonyl (C=O) groups is 2. The highest BCUT2D eigenvalue weighted by Crippen LogP contribution is 2.31. The molecule has 0 unspecified atom stereocenters. The van der Waals surface area contributed by atoms with Crippen LogP contribution in [-0.2, 0) is 4.79 Å². The van der Waals surface area contributed by atoms with E-state index >= 15 is 0 Å². The van der Waals surface area contributed by atoms with Crippen molar-refractivity contribution in [3.63, 3.8) is 0 Å². The van der Waals surface area contributed by atoms with E-state index < -0.39 is 0 Å². The molecule has 0 aromatic carbocycles. The van der Waals surface area contributed by atoms with Crippen LogP contribution in [0.2, 0.25) is 0 Å². The Labute approximate surface area is 105 Å². The van der Waals surface area contributed by atoms with Crippen LogP contribution in [0.1, 0.15) is 23.4 Å². The maximum Gasteiger partial charge on any atom is 0.289 e. The molecule has 1 aliphatic heterocycles. The minimum atomic E-state index is -0.0847. The number of amides is 2. The molecule has 0 radical (unpaired) electrons. The van der Waals surface area contributed by atoms with Crippen LogP contribution in [0.25, 0.3) is 0 Å². The molecule has 1 aromatic rings. The average molecular weight is 248 g/mol. The number of rotatable bonds is 2. The maximum atomic E-state index is 12.0. The van der Waals surface area contributed by atoms with Crippen LogP contribution in [0.4, 0.5) is 0 Å². The second-order valence-electron chi connectivity index (χ2n) is 4.87. The van der Waals surface area contributed by atoms with Crippen LogP contribution in [0, 0.1) is 5.92 Å². The van der Waals surface area contributed by atoms with E-state index in [1.165, 1.54) is 6.26 Å². The van der Waals surface area contributed by atoms with Crippen LogP contribution >= 0.6 is 0 Å². The summed E-state index contributed by atoms with van der Waals surface area (Å²) >= 11 is 0. The van der Waals surface area contributed by atoms with Gasteiger partial charge in [-0.1, -0.05) is 0 Å². The largest absolute Gasteiger partial charge is 0.459 e. The molecule has 18 heavy (non-hydrogen) atoms. The van der Waals surface area contributed by atoms with E-state index in [1.54, 1.807) is 17.0 Å². The Bertz CT molecular complexity index is 443. The highest BCUT2D eigenvalue weighted by atomic mass is 16.3. The zero-order valence-corrected chi connectivity index (χ0v) is 10.2. The topological polar surface area (TPSA) is 53.8 Å². The highest BCUT2D eigenvalue weighted by Gasteiger charge is 2.35. The summed E-state index contributed by atoms with van der Waals surface area (Å²) in [5.74, 6) is 0.813. The smallest absolute Gasteiger partial charge is 0.289 e. The van der Waals surface area contributed by atoms with Gasteiger partial charge in [0.05, 0.1) is 6.26 Å². The fraction of sp³-hybridized carbons (Fsp3) is 0.538. The van der Waals surface area contributed by atoms with Gasteiger partial charge >= 0.3 is 0 Å². The number of furan rings is 1. The van der Waals surface area contributed by atoms with Gasteiger partial charge in [-0.25, -0.2) is 0 Å². The quantitative estimate of drug-likeness (QED) is 0.783. The molecule has 1 saturated carbocycles. The van der Waals surface area contributed by atoms with Crippen LogP contribution in [0.3, 0.4) is 0 Å². The maximum absolute atomic E-state index is 12.0. The van der Waals surface area contributed by atoms with Crippen molar-refractivity contribution in [1.82, 2.24) is 9.80 Å². The van der Waals surface area contributed by atoms with Gasteiger partial charge in [0.1, 0.15) is 0 Å². The van der Waals surface area contributed by atoms with Gasteiger partial charge in [-0.05, 0) is 25.0 Å². The molecule has 1 saturated heterocycles. The minimum Gasteiger partial charge on any atom is -0.459 e. The summed E-state index contributed by atoms with van der Waals surface area (Å²) in [5, 5.41) is 0. The SMILES string of the molecule is O=C(c1ccco1)N1CCN(C(=O)C2CC2)CC1. The lowest BCUT2D eigenvalue weighted by Gasteiger charge is -2.34. The number of hydrogen-bond acceptors (Lipinski definition) is 3. The molecule has 2 amide bonds. The van der Waals surface area contributed by atoms with Crippen molar-refractivity contribution in [2.45, 2.75) is 12.8 Å². The van der Waals surface area contributed by atoms with E-state index in [0.717, 1.165) is 12.8 Å². The fourth-order valence-electron chi connectivity index (χ4n) is 2.27. The lowest BCUT2D eigenvalue weighted by molar-refractivity contribution is -0.134. The Kier molecular flexibility index (Phi) is 2.81. The molecule has 2 aliphatic rings. The Morgan fingerprint density at radius 2 is 1.78 bits per heavy atom. The van der Waals surface area contributed by atoms with Gasteiger partial charge in [-0.3, -0.25) is 9.59 Å². The van der Waals surface area contributed by atoms with Crippen molar-refractivity contribution in [3.8, 4) is 0 Å². The van der Waals surface area contributed by atoms with Gasteiger partial charge < -0.3 is 14.2 Å². The summed E-state index contributed by atoms with van der Waals surface area (Å²) in [6.07, 6.45) is 3.56. The predicted molar refractivity (Wildman–Crippen MR) is 63.9 cm³/mol. The third-order valence-electron chi connectivity index (χ3n) is 3.54. The first-order chi connectivity index (χ1) is 8.75. The molecule has 2 fully saturated rings. The molecule has 0 spiro atoms. The normalized spacial score (nSPS) is 20.0. The number of hydrogen-bond donors (Lipinski definition) is 0. The molecule has 1 aromatic heterocycles. The molecule has 0 atom stereocenters. The van der Waals surface area contributed by atoms with Gasteiger partial charge in [-0.2, -0.15) is 0 Å². The molecular formula is C13H16N2O3. The standard InChI is InChI=1S/C13H16N2O3/c16-12(10-3-4-10)14-5-7-15(8-6-14)13(17)11-2-1-9-18-11/h1-2,9-10H,3-8H2. The first-order valence-corrected chi connectivity index (χ1v) is 6.37. The molecule has 96 valence electrons. The summed E-state index contributed by atoms with van der Waals surface area (Å²) in [4.78, 5) is 27.5. The van der Waals surface area contributed by atoms with E-state index in [0.29, 0.717) is 31.9 Å². The first kappa shape index (κ1) is 11.3. The molecule has 0 N–H and O–H groups in total. The minimum absolute atomic E-state index is 0.0847. The van der Waals surface area contributed by atoms with Gasteiger partial charge in [0.15, 0.2) is 5.76 Å². The fourth-order valence-corrected chi connectivity index (χ4v) is 2.27. The van der Waals surface area contributed by atoms with Crippen molar-refractivity contribution in [2.24, 2.45) is 5.92 Å². The lowest BCUT2D eigenvalue weighted by Crippen LogP contribution is -2.51. The molecule has 0 bridgehead atoms. The second kappa shape index (κ2) is 4.48. The molecule has 5 nitrogen and oxygen atoms in total. The molecule has 5 heteroatoms. The average Bonchev–Trinajstić information content (AvgIpc) is 3.12. The summed E-state index contributed by atoms with van der Waals surface area (Å²) in [6, 6.07) is 3.38.